The van der Waals surface area contributed by atoms with Crippen molar-refractivity contribution in [2.45, 2.75) is 44.5 Å². The Bertz CT molecular complexity index is 454. The zero-order valence-electron chi connectivity index (χ0n) is 12.4. The van der Waals surface area contributed by atoms with Crippen molar-refractivity contribution in [3.8, 4) is 0 Å². The van der Waals surface area contributed by atoms with Gasteiger partial charge in [0.05, 0.1) is 0 Å². The van der Waals surface area contributed by atoms with E-state index in [9.17, 15) is 0 Å². The van der Waals surface area contributed by atoms with Gasteiger partial charge in [-0.1, -0.05) is 18.6 Å². The average molecular weight is 293 g/mol. The highest BCUT2D eigenvalue weighted by molar-refractivity contribution is 6.17. The number of piperidine rings is 1. The molecule has 110 valence electrons. The lowest BCUT2D eigenvalue weighted by Crippen LogP contribution is -2.40. The van der Waals surface area contributed by atoms with E-state index >= 15 is 0 Å². The first-order chi connectivity index (χ1) is 9.78. The lowest BCUT2D eigenvalue weighted by molar-refractivity contribution is 0.175. The van der Waals surface area contributed by atoms with E-state index in [1.54, 1.807) is 0 Å². The maximum Gasteiger partial charge on any atom is 0.0474 e. The van der Waals surface area contributed by atoms with Gasteiger partial charge in [0, 0.05) is 30.7 Å². The van der Waals surface area contributed by atoms with Crippen LogP contribution in [0.25, 0.3) is 0 Å². The predicted molar refractivity (Wildman–Crippen MR) is 86.8 cm³/mol. The van der Waals surface area contributed by atoms with Gasteiger partial charge in [-0.15, -0.1) is 11.6 Å². The number of hydrogen-bond donors (Lipinski definition) is 0. The van der Waals surface area contributed by atoms with Gasteiger partial charge in [0.25, 0.3) is 0 Å². The van der Waals surface area contributed by atoms with E-state index in [0.717, 1.165) is 6.04 Å². The molecule has 0 aromatic heterocycles. The molecule has 1 aromatic carbocycles. The van der Waals surface area contributed by atoms with Gasteiger partial charge in [-0.3, -0.25) is 4.90 Å². The summed E-state index contributed by atoms with van der Waals surface area (Å²) >= 11 is 5.92. The molecule has 2 heterocycles. The highest BCUT2D eigenvalue weighted by Crippen LogP contribution is 2.28. The van der Waals surface area contributed by atoms with Gasteiger partial charge in [0.2, 0.25) is 0 Å². The normalized spacial score (nSPS) is 24.3. The van der Waals surface area contributed by atoms with Gasteiger partial charge in [-0.05, 0) is 56.5 Å². The Morgan fingerprint density at radius 1 is 1.15 bits per heavy atom. The third-order valence-corrected chi connectivity index (χ3v) is 5.14. The van der Waals surface area contributed by atoms with Gasteiger partial charge in [0.1, 0.15) is 0 Å². The minimum atomic E-state index is 0.609. The molecule has 1 atom stereocenters. The maximum absolute atomic E-state index is 5.92. The van der Waals surface area contributed by atoms with Crippen molar-refractivity contribution in [1.29, 1.82) is 0 Å². The molecule has 2 nitrogen and oxygen atoms in total. The van der Waals surface area contributed by atoms with Crippen LogP contribution in [-0.2, 0) is 5.88 Å². The minimum Gasteiger partial charge on any atom is -0.370 e. The average Bonchev–Trinajstić information content (AvgIpc) is 2.97. The van der Waals surface area contributed by atoms with Crippen molar-refractivity contribution < 1.29 is 0 Å². The molecule has 0 spiro atoms. The minimum absolute atomic E-state index is 0.609. The Labute approximate surface area is 127 Å². The molecule has 1 aromatic rings. The summed E-state index contributed by atoms with van der Waals surface area (Å²) in [6, 6.07) is 7.42. The molecule has 0 bridgehead atoms. The first-order valence-corrected chi connectivity index (χ1v) is 8.46. The molecular weight excluding hydrogens is 268 g/mol. The number of halogens is 1. The number of likely N-dealkylation sites (tertiary alicyclic amines) is 1. The first kappa shape index (κ1) is 14.2. The zero-order chi connectivity index (χ0) is 13.9. The van der Waals surface area contributed by atoms with Crippen LogP contribution in [-0.4, -0.2) is 37.1 Å². The number of alkyl halides is 1. The fourth-order valence-electron chi connectivity index (χ4n) is 3.70. The van der Waals surface area contributed by atoms with Gasteiger partial charge >= 0.3 is 0 Å². The molecule has 20 heavy (non-hydrogen) atoms. The summed E-state index contributed by atoms with van der Waals surface area (Å²) in [5.41, 5.74) is 3.99. The zero-order valence-corrected chi connectivity index (χ0v) is 13.2. The molecule has 3 rings (SSSR count). The fraction of sp³-hybridized carbons (Fsp3) is 0.647. The van der Waals surface area contributed by atoms with Crippen LogP contribution in [0.1, 0.15) is 36.8 Å². The third-order valence-electron chi connectivity index (χ3n) is 4.83. The summed E-state index contributed by atoms with van der Waals surface area (Å²) in [6.07, 6.45) is 5.52. The van der Waals surface area contributed by atoms with Gasteiger partial charge in [-0.2, -0.15) is 0 Å². The molecule has 2 fully saturated rings. The monoisotopic (exact) mass is 292 g/mol. The lowest BCUT2D eigenvalue weighted by atomic mass is 10.1. The molecule has 0 amide bonds. The topological polar surface area (TPSA) is 6.48 Å². The van der Waals surface area contributed by atoms with Crippen LogP contribution in [0.4, 0.5) is 5.69 Å². The molecule has 0 aliphatic carbocycles. The van der Waals surface area contributed by atoms with Crippen molar-refractivity contribution in [2.24, 2.45) is 0 Å². The van der Waals surface area contributed by atoms with Crippen LogP contribution in [0.5, 0.6) is 0 Å². The summed E-state index contributed by atoms with van der Waals surface area (Å²) in [5, 5.41) is 0. The Morgan fingerprint density at radius 3 is 2.65 bits per heavy atom. The number of aryl methyl sites for hydroxylation is 1. The van der Waals surface area contributed by atoms with Crippen LogP contribution in [0.3, 0.4) is 0 Å². The second kappa shape index (κ2) is 6.36. The van der Waals surface area contributed by atoms with E-state index in [0.29, 0.717) is 5.88 Å². The lowest BCUT2D eigenvalue weighted by Gasteiger charge is -2.32. The van der Waals surface area contributed by atoms with Crippen LogP contribution < -0.4 is 4.90 Å². The van der Waals surface area contributed by atoms with E-state index in [1.165, 1.54) is 68.7 Å². The van der Waals surface area contributed by atoms with E-state index in [2.05, 4.69) is 34.9 Å². The van der Waals surface area contributed by atoms with Gasteiger partial charge in [-0.25, -0.2) is 0 Å². The molecule has 0 radical (unpaired) electrons. The Kier molecular flexibility index (Phi) is 4.52. The summed E-state index contributed by atoms with van der Waals surface area (Å²) in [4.78, 5) is 5.28. The highest BCUT2D eigenvalue weighted by atomic mass is 35.5. The number of rotatable bonds is 3. The summed E-state index contributed by atoms with van der Waals surface area (Å²) in [7, 11) is 0. The second-order valence-electron chi connectivity index (χ2n) is 6.24. The maximum atomic E-state index is 5.92. The summed E-state index contributed by atoms with van der Waals surface area (Å²) < 4.78 is 0. The fourth-order valence-corrected chi connectivity index (χ4v) is 3.86. The molecule has 1 unspecified atom stereocenters. The first-order valence-electron chi connectivity index (χ1n) is 7.92. The molecule has 0 N–H and O–H groups in total. The van der Waals surface area contributed by atoms with Gasteiger partial charge < -0.3 is 4.90 Å². The summed E-state index contributed by atoms with van der Waals surface area (Å²) in [6.45, 7) is 7.22. The molecule has 2 saturated heterocycles. The van der Waals surface area contributed by atoms with Crippen molar-refractivity contribution in [3.05, 3.63) is 29.3 Å². The Morgan fingerprint density at radius 2 is 1.95 bits per heavy atom. The molecule has 0 saturated carbocycles. The number of hydrogen-bond acceptors (Lipinski definition) is 2. The number of anilines is 1. The van der Waals surface area contributed by atoms with Crippen molar-refractivity contribution in [2.75, 3.05) is 31.1 Å². The largest absolute Gasteiger partial charge is 0.370 e. The predicted octanol–water partition coefficient (Wildman–Crippen LogP) is 3.80. The van der Waals surface area contributed by atoms with Crippen molar-refractivity contribution in [1.82, 2.24) is 4.90 Å². The van der Waals surface area contributed by atoms with Crippen molar-refractivity contribution in [3.63, 3.8) is 0 Å². The van der Waals surface area contributed by atoms with Crippen LogP contribution in [0.2, 0.25) is 0 Å². The van der Waals surface area contributed by atoms with Gasteiger partial charge in [0.15, 0.2) is 0 Å². The standard InChI is InChI=1S/C17H25ClN2/c1-14-11-15(12-18)5-6-17(14)20-10-7-16(13-20)19-8-3-2-4-9-19/h5-6,11,16H,2-4,7-10,12-13H2,1H3. The van der Waals surface area contributed by atoms with E-state index in [1.807, 2.05) is 0 Å². The second-order valence-corrected chi connectivity index (χ2v) is 6.51. The van der Waals surface area contributed by atoms with Crippen LogP contribution in [0.15, 0.2) is 18.2 Å². The molecular formula is C17H25ClN2. The number of benzene rings is 1. The van der Waals surface area contributed by atoms with Crippen molar-refractivity contribution >= 4 is 17.3 Å². The van der Waals surface area contributed by atoms with E-state index < -0.39 is 0 Å². The highest BCUT2D eigenvalue weighted by Gasteiger charge is 2.29. The molecule has 2 aliphatic rings. The Balaban J connectivity index is 1.67. The van der Waals surface area contributed by atoms with Crippen LogP contribution in [0, 0.1) is 6.92 Å². The SMILES string of the molecule is Cc1cc(CCl)ccc1N1CCC(N2CCCCC2)C1. The van der Waals surface area contributed by atoms with Crippen LogP contribution >= 0.6 is 11.6 Å². The third kappa shape index (κ3) is 2.96. The van der Waals surface area contributed by atoms with E-state index in [-0.39, 0.29) is 0 Å². The Hall–Kier alpha value is -0.730. The molecule has 3 heteroatoms. The number of nitrogens with zero attached hydrogens (tertiary/aromatic N) is 2. The molecule has 2 aliphatic heterocycles. The smallest absolute Gasteiger partial charge is 0.0474 e. The van der Waals surface area contributed by atoms with E-state index in [4.69, 9.17) is 11.6 Å². The quantitative estimate of drug-likeness (QED) is 0.782. The summed E-state index contributed by atoms with van der Waals surface area (Å²) in [5.74, 6) is 0.609.